The standard InChI is InChI=1S/C14H17NO4S/c1-2-20(18,19)11-9-15-14(17)13-7-5-12(6-8-13)4-3-10-16/h5-8,16H,2,9-11H2,1H3,(H,15,17). The molecule has 5 nitrogen and oxygen atoms in total. The van der Waals surface area contributed by atoms with Gasteiger partial charge in [-0.05, 0) is 24.3 Å². The van der Waals surface area contributed by atoms with Crippen molar-refractivity contribution in [3.05, 3.63) is 35.4 Å². The van der Waals surface area contributed by atoms with E-state index in [-0.39, 0.29) is 30.6 Å². The molecule has 0 aliphatic rings. The Morgan fingerprint density at radius 2 is 1.95 bits per heavy atom. The van der Waals surface area contributed by atoms with Gasteiger partial charge < -0.3 is 10.4 Å². The van der Waals surface area contributed by atoms with E-state index in [0.29, 0.717) is 11.1 Å². The minimum Gasteiger partial charge on any atom is -0.384 e. The van der Waals surface area contributed by atoms with Crippen LogP contribution in [0.25, 0.3) is 0 Å². The van der Waals surface area contributed by atoms with Crippen LogP contribution in [0.3, 0.4) is 0 Å². The molecular weight excluding hydrogens is 278 g/mol. The molecule has 0 saturated heterocycles. The van der Waals surface area contributed by atoms with Crippen LogP contribution in [0.2, 0.25) is 0 Å². The molecule has 20 heavy (non-hydrogen) atoms. The first-order valence-electron chi connectivity index (χ1n) is 6.17. The number of nitrogens with one attached hydrogen (secondary N) is 1. The number of aliphatic hydroxyl groups is 1. The molecule has 108 valence electrons. The first-order chi connectivity index (χ1) is 9.48. The summed E-state index contributed by atoms with van der Waals surface area (Å²) in [4.78, 5) is 11.8. The number of hydrogen-bond acceptors (Lipinski definition) is 4. The van der Waals surface area contributed by atoms with Crippen molar-refractivity contribution in [2.24, 2.45) is 0 Å². The monoisotopic (exact) mass is 295 g/mol. The predicted molar refractivity (Wildman–Crippen MR) is 77.1 cm³/mol. The number of rotatable bonds is 5. The summed E-state index contributed by atoms with van der Waals surface area (Å²) in [7, 11) is -3.07. The topological polar surface area (TPSA) is 83.5 Å². The van der Waals surface area contributed by atoms with Crippen LogP contribution in [0.4, 0.5) is 0 Å². The van der Waals surface area contributed by atoms with E-state index in [9.17, 15) is 13.2 Å². The summed E-state index contributed by atoms with van der Waals surface area (Å²) in [6, 6.07) is 6.54. The number of hydrogen-bond donors (Lipinski definition) is 2. The zero-order valence-corrected chi connectivity index (χ0v) is 12.0. The minimum atomic E-state index is -3.07. The van der Waals surface area contributed by atoms with Gasteiger partial charge in [-0.1, -0.05) is 18.8 Å². The number of aliphatic hydroxyl groups excluding tert-OH is 1. The van der Waals surface area contributed by atoms with Gasteiger partial charge in [-0.25, -0.2) is 8.42 Å². The predicted octanol–water partition coefficient (Wildman–Crippen LogP) is 0.195. The Hall–Kier alpha value is -1.84. The largest absolute Gasteiger partial charge is 0.384 e. The average molecular weight is 295 g/mol. The smallest absolute Gasteiger partial charge is 0.251 e. The summed E-state index contributed by atoms with van der Waals surface area (Å²) in [6.07, 6.45) is 0. The molecule has 0 radical (unpaired) electrons. The molecule has 0 aliphatic heterocycles. The summed E-state index contributed by atoms with van der Waals surface area (Å²) >= 11 is 0. The van der Waals surface area contributed by atoms with Crippen LogP contribution in [0, 0.1) is 11.8 Å². The van der Waals surface area contributed by atoms with Gasteiger partial charge in [-0.2, -0.15) is 0 Å². The van der Waals surface area contributed by atoms with E-state index in [1.165, 1.54) is 0 Å². The number of benzene rings is 1. The highest BCUT2D eigenvalue weighted by molar-refractivity contribution is 7.91. The van der Waals surface area contributed by atoms with E-state index in [2.05, 4.69) is 17.2 Å². The van der Waals surface area contributed by atoms with Crippen molar-refractivity contribution >= 4 is 15.7 Å². The zero-order chi connectivity index (χ0) is 15.0. The highest BCUT2D eigenvalue weighted by Gasteiger charge is 2.09. The first-order valence-corrected chi connectivity index (χ1v) is 7.99. The lowest BCUT2D eigenvalue weighted by Gasteiger charge is -2.05. The van der Waals surface area contributed by atoms with Crippen molar-refractivity contribution < 1.29 is 18.3 Å². The number of carbonyl (C=O) groups is 1. The Morgan fingerprint density at radius 3 is 2.50 bits per heavy atom. The third-order valence-corrected chi connectivity index (χ3v) is 4.30. The molecule has 0 atom stereocenters. The van der Waals surface area contributed by atoms with Gasteiger partial charge >= 0.3 is 0 Å². The second-order valence-electron chi connectivity index (χ2n) is 4.03. The maximum absolute atomic E-state index is 11.8. The number of carbonyl (C=O) groups excluding carboxylic acids is 1. The second kappa shape index (κ2) is 7.68. The molecule has 0 saturated carbocycles. The summed E-state index contributed by atoms with van der Waals surface area (Å²) in [5, 5.41) is 11.1. The summed E-state index contributed by atoms with van der Waals surface area (Å²) in [5.74, 6) is 4.92. The maximum atomic E-state index is 11.8. The molecule has 1 amide bonds. The van der Waals surface area contributed by atoms with Crippen molar-refractivity contribution in [3.63, 3.8) is 0 Å². The van der Waals surface area contributed by atoms with Crippen molar-refractivity contribution in [2.45, 2.75) is 6.92 Å². The van der Waals surface area contributed by atoms with Crippen LogP contribution >= 0.6 is 0 Å². The van der Waals surface area contributed by atoms with Crippen molar-refractivity contribution in [2.75, 3.05) is 24.7 Å². The van der Waals surface area contributed by atoms with E-state index in [0.717, 1.165) is 0 Å². The van der Waals surface area contributed by atoms with Crippen LogP contribution in [-0.2, 0) is 9.84 Å². The third-order valence-electron chi connectivity index (χ3n) is 2.60. The Labute approximate surface area is 118 Å². The van der Waals surface area contributed by atoms with Gasteiger partial charge in [-0.15, -0.1) is 0 Å². The Balaban J connectivity index is 2.56. The maximum Gasteiger partial charge on any atom is 0.251 e. The molecule has 1 aromatic carbocycles. The van der Waals surface area contributed by atoms with Crippen molar-refractivity contribution in [3.8, 4) is 11.8 Å². The van der Waals surface area contributed by atoms with Gasteiger partial charge in [0, 0.05) is 23.4 Å². The van der Waals surface area contributed by atoms with E-state index < -0.39 is 9.84 Å². The van der Waals surface area contributed by atoms with Gasteiger partial charge in [0.25, 0.3) is 5.91 Å². The molecule has 1 rings (SSSR count). The Kier molecular flexibility index (Phi) is 6.22. The van der Waals surface area contributed by atoms with Crippen LogP contribution < -0.4 is 5.32 Å². The molecule has 6 heteroatoms. The summed E-state index contributed by atoms with van der Waals surface area (Å²) in [6.45, 7) is 1.46. The number of sulfone groups is 1. The fourth-order valence-electron chi connectivity index (χ4n) is 1.41. The van der Waals surface area contributed by atoms with Gasteiger partial charge in [0.15, 0.2) is 9.84 Å². The molecule has 0 spiro atoms. The van der Waals surface area contributed by atoms with Gasteiger partial charge in [0.2, 0.25) is 0 Å². The van der Waals surface area contributed by atoms with Gasteiger partial charge in [0.1, 0.15) is 6.61 Å². The lowest BCUT2D eigenvalue weighted by atomic mass is 10.1. The van der Waals surface area contributed by atoms with Crippen LogP contribution in [0.15, 0.2) is 24.3 Å². The van der Waals surface area contributed by atoms with Gasteiger partial charge in [-0.3, -0.25) is 4.79 Å². The quantitative estimate of drug-likeness (QED) is 0.760. The minimum absolute atomic E-state index is 0.0602. The normalized spacial score (nSPS) is 10.5. The first kappa shape index (κ1) is 16.2. The highest BCUT2D eigenvalue weighted by Crippen LogP contribution is 2.03. The SMILES string of the molecule is CCS(=O)(=O)CCNC(=O)c1ccc(C#CCO)cc1. The Morgan fingerprint density at radius 1 is 1.30 bits per heavy atom. The zero-order valence-electron chi connectivity index (χ0n) is 11.2. The molecule has 0 aliphatic carbocycles. The van der Waals surface area contributed by atoms with E-state index >= 15 is 0 Å². The van der Waals surface area contributed by atoms with Gasteiger partial charge in [0.05, 0.1) is 5.75 Å². The summed E-state index contributed by atoms with van der Waals surface area (Å²) < 4.78 is 22.6. The highest BCUT2D eigenvalue weighted by atomic mass is 32.2. The fraction of sp³-hybridized carbons (Fsp3) is 0.357. The average Bonchev–Trinajstić information content (AvgIpc) is 2.45. The second-order valence-corrected chi connectivity index (χ2v) is 6.50. The van der Waals surface area contributed by atoms with E-state index in [4.69, 9.17) is 5.11 Å². The van der Waals surface area contributed by atoms with Crippen molar-refractivity contribution in [1.29, 1.82) is 0 Å². The molecule has 2 N–H and O–H groups in total. The van der Waals surface area contributed by atoms with E-state index in [1.807, 2.05) is 0 Å². The summed E-state index contributed by atoms with van der Waals surface area (Å²) in [5.41, 5.74) is 1.14. The molecule has 1 aromatic rings. The molecular formula is C14H17NO4S. The molecule has 0 fully saturated rings. The molecule has 0 unspecified atom stereocenters. The number of amides is 1. The van der Waals surface area contributed by atoms with E-state index in [1.54, 1.807) is 31.2 Å². The van der Waals surface area contributed by atoms with Crippen LogP contribution in [0.1, 0.15) is 22.8 Å². The van der Waals surface area contributed by atoms with Crippen LogP contribution in [-0.4, -0.2) is 44.1 Å². The lowest BCUT2D eigenvalue weighted by Crippen LogP contribution is -2.29. The fourth-order valence-corrected chi connectivity index (χ4v) is 2.11. The Bertz CT molecular complexity index is 609. The molecule has 0 aromatic heterocycles. The molecule has 0 bridgehead atoms. The van der Waals surface area contributed by atoms with Crippen LogP contribution in [0.5, 0.6) is 0 Å². The lowest BCUT2D eigenvalue weighted by molar-refractivity contribution is 0.0956. The molecule has 0 heterocycles. The van der Waals surface area contributed by atoms with Crippen molar-refractivity contribution in [1.82, 2.24) is 5.32 Å². The third kappa shape index (κ3) is 5.43.